The number of urea groups is 1. The SMILES string of the molecule is CCC1(C)CN(C(=O)Nc2cc(C(C)(C)C)on2)CCO1. The number of rotatable bonds is 2. The Morgan fingerprint density at radius 1 is 1.52 bits per heavy atom. The zero-order valence-electron chi connectivity index (χ0n) is 13.5. The molecule has 1 saturated heterocycles. The van der Waals surface area contributed by atoms with E-state index < -0.39 is 0 Å². The van der Waals surface area contributed by atoms with Crippen LogP contribution in [0, 0.1) is 0 Å². The van der Waals surface area contributed by atoms with E-state index in [-0.39, 0.29) is 17.0 Å². The molecule has 1 unspecified atom stereocenters. The molecule has 1 aliphatic rings. The Bertz CT molecular complexity index is 507. The molecule has 2 heterocycles. The smallest absolute Gasteiger partial charge is 0.323 e. The maximum Gasteiger partial charge on any atom is 0.323 e. The normalized spacial score (nSPS) is 23.2. The van der Waals surface area contributed by atoms with Crippen molar-refractivity contribution in [2.24, 2.45) is 0 Å². The lowest BCUT2D eigenvalue weighted by molar-refractivity contribution is -0.0860. The molecule has 1 atom stereocenters. The molecule has 1 N–H and O–H groups in total. The summed E-state index contributed by atoms with van der Waals surface area (Å²) in [6, 6.07) is 1.61. The largest absolute Gasteiger partial charge is 0.372 e. The van der Waals surface area contributed by atoms with Crippen LogP contribution in [-0.2, 0) is 10.2 Å². The van der Waals surface area contributed by atoms with Crippen molar-refractivity contribution in [3.05, 3.63) is 11.8 Å². The number of aromatic nitrogens is 1. The van der Waals surface area contributed by atoms with E-state index in [2.05, 4.69) is 17.4 Å². The third-order valence-corrected chi connectivity index (χ3v) is 3.86. The van der Waals surface area contributed by atoms with Crippen molar-refractivity contribution in [2.45, 2.75) is 52.1 Å². The van der Waals surface area contributed by atoms with E-state index >= 15 is 0 Å². The Hall–Kier alpha value is -1.56. The highest BCUT2D eigenvalue weighted by Gasteiger charge is 2.33. The number of carbonyl (C=O) groups excluding carboxylic acids is 1. The molecule has 0 aliphatic carbocycles. The maximum absolute atomic E-state index is 12.3. The van der Waals surface area contributed by atoms with Crippen LogP contribution < -0.4 is 5.32 Å². The van der Waals surface area contributed by atoms with Crippen LogP contribution in [0.5, 0.6) is 0 Å². The number of nitrogens with zero attached hydrogens (tertiary/aromatic N) is 2. The van der Waals surface area contributed by atoms with Gasteiger partial charge in [0.25, 0.3) is 0 Å². The summed E-state index contributed by atoms with van der Waals surface area (Å²) in [5.74, 6) is 1.20. The Kier molecular flexibility index (Phi) is 4.27. The second kappa shape index (κ2) is 5.67. The monoisotopic (exact) mass is 295 g/mol. The Morgan fingerprint density at radius 2 is 2.24 bits per heavy atom. The summed E-state index contributed by atoms with van der Waals surface area (Å²) in [6.45, 7) is 11.9. The maximum atomic E-state index is 12.3. The molecule has 21 heavy (non-hydrogen) atoms. The fourth-order valence-corrected chi connectivity index (χ4v) is 2.19. The Labute approximate surface area is 125 Å². The first-order valence-electron chi connectivity index (χ1n) is 7.40. The van der Waals surface area contributed by atoms with E-state index in [1.165, 1.54) is 0 Å². The van der Waals surface area contributed by atoms with Crippen molar-refractivity contribution in [2.75, 3.05) is 25.0 Å². The second-order valence-electron chi connectivity index (χ2n) is 6.83. The first-order valence-corrected chi connectivity index (χ1v) is 7.40. The number of anilines is 1. The molecule has 1 aromatic heterocycles. The summed E-state index contributed by atoms with van der Waals surface area (Å²) in [5, 5.41) is 6.70. The summed E-state index contributed by atoms with van der Waals surface area (Å²) in [6.07, 6.45) is 0.870. The minimum absolute atomic E-state index is 0.129. The first-order chi connectivity index (χ1) is 9.73. The minimum Gasteiger partial charge on any atom is -0.372 e. The highest BCUT2D eigenvalue weighted by molar-refractivity contribution is 5.88. The van der Waals surface area contributed by atoms with Crippen LogP contribution in [0.2, 0.25) is 0 Å². The highest BCUT2D eigenvalue weighted by atomic mass is 16.5. The zero-order valence-corrected chi connectivity index (χ0v) is 13.5. The molecule has 0 aromatic carbocycles. The average Bonchev–Trinajstić information content (AvgIpc) is 2.87. The molecule has 0 radical (unpaired) electrons. The lowest BCUT2D eigenvalue weighted by atomic mass is 9.93. The number of hydrogen-bond donors (Lipinski definition) is 1. The van der Waals surface area contributed by atoms with Crippen LogP contribution in [-0.4, -0.2) is 41.4 Å². The van der Waals surface area contributed by atoms with Crippen LogP contribution in [0.1, 0.15) is 46.8 Å². The third-order valence-electron chi connectivity index (χ3n) is 3.86. The van der Waals surface area contributed by atoms with Crippen LogP contribution >= 0.6 is 0 Å². The molecule has 118 valence electrons. The number of amides is 2. The third kappa shape index (κ3) is 3.75. The van der Waals surface area contributed by atoms with Gasteiger partial charge in [0, 0.05) is 18.0 Å². The fourth-order valence-electron chi connectivity index (χ4n) is 2.19. The van der Waals surface area contributed by atoms with Gasteiger partial charge < -0.3 is 14.2 Å². The van der Waals surface area contributed by atoms with Gasteiger partial charge in [0.1, 0.15) is 5.76 Å². The molecule has 6 nitrogen and oxygen atoms in total. The molecule has 0 saturated carbocycles. The number of nitrogens with one attached hydrogen (secondary N) is 1. The zero-order chi connectivity index (χ0) is 15.7. The van der Waals surface area contributed by atoms with Crippen LogP contribution in [0.3, 0.4) is 0 Å². The summed E-state index contributed by atoms with van der Waals surface area (Å²) in [5.41, 5.74) is -0.397. The van der Waals surface area contributed by atoms with Gasteiger partial charge in [-0.2, -0.15) is 0 Å². The van der Waals surface area contributed by atoms with E-state index in [9.17, 15) is 4.79 Å². The molecule has 2 rings (SSSR count). The van der Waals surface area contributed by atoms with Gasteiger partial charge in [0.15, 0.2) is 5.82 Å². The molecule has 2 amide bonds. The van der Waals surface area contributed by atoms with Crippen LogP contribution in [0.4, 0.5) is 10.6 Å². The van der Waals surface area contributed by atoms with Crippen molar-refractivity contribution >= 4 is 11.8 Å². The van der Waals surface area contributed by atoms with Crippen molar-refractivity contribution in [1.29, 1.82) is 0 Å². The van der Waals surface area contributed by atoms with E-state index in [0.29, 0.717) is 25.5 Å². The number of morpholine rings is 1. The van der Waals surface area contributed by atoms with Gasteiger partial charge in [0.2, 0.25) is 0 Å². The molecule has 1 aromatic rings. The average molecular weight is 295 g/mol. The van der Waals surface area contributed by atoms with Crippen LogP contribution in [0.25, 0.3) is 0 Å². The Balaban J connectivity index is 2.00. The highest BCUT2D eigenvalue weighted by Crippen LogP contribution is 2.25. The van der Waals surface area contributed by atoms with Gasteiger partial charge in [-0.05, 0) is 13.3 Å². The van der Waals surface area contributed by atoms with Gasteiger partial charge >= 0.3 is 6.03 Å². The summed E-state index contributed by atoms with van der Waals surface area (Å²) in [7, 11) is 0. The Morgan fingerprint density at radius 3 is 2.81 bits per heavy atom. The number of hydrogen-bond acceptors (Lipinski definition) is 4. The van der Waals surface area contributed by atoms with Crippen molar-refractivity contribution < 1.29 is 14.1 Å². The van der Waals surface area contributed by atoms with E-state index in [4.69, 9.17) is 9.26 Å². The molecular weight excluding hydrogens is 270 g/mol. The standard InChI is InChI=1S/C15H25N3O3/c1-6-15(5)10-18(7-8-20-15)13(19)16-12-9-11(21-17-12)14(2,3)4/h9H,6-8,10H2,1-5H3,(H,16,17,19). The van der Waals surface area contributed by atoms with Gasteiger partial charge in [-0.1, -0.05) is 32.9 Å². The lowest BCUT2D eigenvalue weighted by Crippen LogP contribution is -2.53. The quantitative estimate of drug-likeness (QED) is 0.910. The van der Waals surface area contributed by atoms with Gasteiger partial charge in [0.05, 0.1) is 18.8 Å². The molecule has 1 aliphatic heterocycles. The molecule has 0 spiro atoms. The van der Waals surface area contributed by atoms with E-state index in [0.717, 1.165) is 12.2 Å². The molecule has 6 heteroatoms. The summed E-state index contributed by atoms with van der Waals surface area (Å²) in [4.78, 5) is 14.1. The number of ether oxygens (including phenoxy) is 1. The van der Waals surface area contributed by atoms with Crippen molar-refractivity contribution in [3.8, 4) is 0 Å². The van der Waals surface area contributed by atoms with E-state index in [1.807, 2.05) is 27.7 Å². The van der Waals surface area contributed by atoms with Gasteiger partial charge in [-0.25, -0.2) is 4.79 Å². The fraction of sp³-hybridized carbons (Fsp3) is 0.733. The van der Waals surface area contributed by atoms with E-state index in [1.54, 1.807) is 11.0 Å². The summed E-state index contributed by atoms with van der Waals surface area (Å²) >= 11 is 0. The molecule has 1 fully saturated rings. The minimum atomic E-state index is -0.268. The first kappa shape index (κ1) is 15.8. The van der Waals surface area contributed by atoms with Crippen LogP contribution in [0.15, 0.2) is 10.6 Å². The van der Waals surface area contributed by atoms with Gasteiger partial charge in [-0.15, -0.1) is 0 Å². The predicted molar refractivity (Wildman–Crippen MR) is 80.4 cm³/mol. The molecule has 0 bridgehead atoms. The summed E-state index contributed by atoms with van der Waals surface area (Å²) < 4.78 is 11.0. The van der Waals surface area contributed by atoms with Gasteiger partial charge in [-0.3, -0.25) is 5.32 Å². The second-order valence-corrected chi connectivity index (χ2v) is 6.83. The predicted octanol–water partition coefficient (Wildman–Crippen LogP) is 3.00. The molecular formula is C15H25N3O3. The topological polar surface area (TPSA) is 67.6 Å². The van der Waals surface area contributed by atoms with Crippen molar-refractivity contribution in [1.82, 2.24) is 10.1 Å². The lowest BCUT2D eigenvalue weighted by Gasteiger charge is -2.39. The number of carbonyl (C=O) groups is 1. The van der Waals surface area contributed by atoms with Crippen molar-refractivity contribution in [3.63, 3.8) is 0 Å².